The highest BCUT2D eigenvalue weighted by molar-refractivity contribution is 7.09. The number of hydrogen-bond donors (Lipinski definition) is 0. The summed E-state index contributed by atoms with van der Waals surface area (Å²) in [5.74, 6) is 1.03. The van der Waals surface area contributed by atoms with Gasteiger partial charge in [-0.05, 0) is 26.2 Å². The Morgan fingerprint density at radius 1 is 1.22 bits per heavy atom. The van der Waals surface area contributed by atoms with E-state index in [9.17, 15) is 0 Å². The van der Waals surface area contributed by atoms with Gasteiger partial charge in [-0.2, -0.15) is 0 Å². The van der Waals surface area contributed by atoms with Crippen molar-refractivity contribution in [3.8, 4) is 0 Å². The first-order valence-corrected chi connectivity index (χ1v) is 7.18. The van der Waals surface area contributed by atoms with Gasteiger partial charge in [0.1, 0.15) is 0 Å². The molecule has 1 rings (SSSR count). The van der Waals surface area contributed by atoms with Gasteiger partial charge in [0.2, 0.25) is 0 Å². The standard InChI is InChI=1S/C13H24N4S/c1-11-10-18-12(15-11)8-6-7-9-14-13(16(2)3)17(4)5/h10H,6-9H2,1-5H3. The first-order chi connectivity index (χ1) is 8.50. The van der Waals surface area contributed by atoms with E-state index in [1.807, 2.05) is 44.9 Å². The highest BCUT2D eigenvalue weighted by Crippen LogP contribution is 2.11. The lowest BCUT2D eigenvalue weighted by atomic mass is 10.2. The third kappa shape index (κ3) is 5.04. The average Bonchev–Trinajstić information content (AvgIpc) is 2.68. The summed E-state index contributed by atoms with van der Waals surface area (Å²) in [5.41, 5.74) is 1.13. The Balaban J connectivity index is 2.27. The third-order valence-electron chi connectivity index (χ3n) is 2.52. The molecule has 1 aromatic rings. The van der Waals surface area contributed by atoms with Crippen molar-refractivity contribution in [2.75, 3.05) is 34.7 Å². The van der Waals surface area contributed by atoms with Gasteiger partial charge in [0.25, 0.3) is 0 Å². The number of aromatic nitrogens is 1. The van der Waals surface area contributed by atoms with Crippen molar-refractivity contribution in [1.82, 2.24) is 14.8 Å². The number of unbranched alkanes of at least 4 members (excludes halogenated alkanes) is 1. The van der Waals surface area contributed by atoms with Crippen LogP contribution in [0.15, 0.2) is 10.4 Å². The van der Waals surface area contributed by atoms with Crippen LogP contribution < -0.4 is 0 Å². The molecule has 0 saturated heterocycles. The molecule has 0 radical (unpaired) electrons. The van der Waals surface area contributed by atoms with Crippen molar-refractivity contribution < 1.29 is 0 Å². The van der Waals surface area contributed by atoms with Gasteiger partial charge in [-0.3, -0.25) is 4.99 Å². The Labute approximate surface area is 114 Å². The topological polar surface area (TPSA) is 31.7 Å². The largest absolute Gasteiger partial charge is 0.349 e. The molecule has 0 aromatic carbocycles. The minimum atomic E-state index is 0.885. The van der Waals surface area contributed by atoms with Crippen molar-refractivity contribution >= 4 is 17.3 Å². The van der Waals surface area contributed by atoms with Gasteiger partial charge < -0.3 is 9.80 Å². The van der Waals surface area contributed by atoms with Crippen LogP contribution in [-0.2, 0) is 6.42 Å². The first-order valence-electron chi connectivity index (χ1n) is 6.31. The predicted molar refractivity (Wildman–Crippen MR) is 79.5 cm³/mol. The summed E-state index contributed by atoms with van der Waals surface area (Å²) < 4.78 is 0. The molecule has 0 aliphatic rings. The van der Waals surface area contributed by atoms with Gasteiger partial charge in [0.15, 0.2) is 5.96 Å². The smallest absolute Gasteiger partial charge is 0.195 e. The quantitative estimate of drug-likeness (QED) is 0.466. The van der Waals surface area contributed by atoms with Crippen LogP contribution in [0.25, 0.3) is 0 Å². The molecular formula is C13H24N4S. The Morgan fingerprint density at radius 2 is 1.89 bits per heavy atom. The molecule has 0 amide bonds. The van der Waals surface area contributed by atoms with Crippen LogP contribution in [0.4, 0.5) is 0 Å². The van der Waals surface area contributed by atoms with Crippen molar-refractivity contribution in [2.24, 2.45) is 4.99 Å². The zero-order valence-electron chi connectivity index (χ0n) is 12.1. The number of rotatable bonds is 5. The SMILES string of the molecule is Cc1csc(CCCCN=C(N(C)C)N(C)C)n1. The first kappa shape index (κ1) is 15.0. The molecule has 0 bridgehead atoms. The molecule has 0 spiro atoms. The molecule has 0 aliphatic heterocycles. The summed E-state index contributed by atoms with van der Waals surface area (Å²) in [6.45, 7) is 2.93. The lowest BCUT2D eigenvalue weighted by molar-refractivity contribution is 0.478. The number of aryl methyl sites for hydroxylation is 2. The van der Waals surface area contributed by atoms with Crippen molar-refractivity contribution in [3.05, 3.63) is 16.1 Å². The van der Waals surface area contributed by atoms with E-state index in [1.54, 1.807) is 11.3 Å². The Morgan fingerprint density at radius 3 is 2.39 bits per heavy atom. The van der Waals surface area contributed by atoms with Crippen LogP contribution in [0, 0.1) is 6.92 Å². The molecule has 0 unspecified atom stereocenters. The maximum absolute atomic E-state index is 4.61. The second kappa shape index (κ2) is 7.36. The zero-order chi connectivity index (χ0) is 13.5. The lowest BCUT2D eigenvalue weighted by Crippen LogP contribution is -2.35. The fourth-order valence-corrected chi connectivity index (χ4v) is 2.59. The zero-order valence-corrected chi connectivity index (χ0v) is 12.9. The summed E-state index contributed by atoms with van der Waals surface area (Å²) in [6.07, 6.45) is 3.35. The lowest BCUT2D eigenvalue weighted by Gasteiger charge is -2.22. The van der Waals surface area contributed by atoms with E-state index in [1.165, 1.54) is 5.01 Å². The third-order valence-corrected chi connectivity index (χ3v) is 3.55. The second-order valence-electron chi connectivity index (χ2n) is 4.81. The summed E-state index contributed by atoms with van der Waals surface area (Å²) in [7, 11) is 8.10. The highest BCUT2D eigenvalue weighted by atomic mass is 32.1. The van der Waals surface area contributed by atoms with E-state index < -0.39 is 0 Å². The second-order valence-corrected chi connectivity index (χ2v) is 5.75. The van der Waals surface area contributed by atoms with Gasteiger partial charge in [-0.1, -0.05) is 0 Å². The summed E-state index contributed by atoms with van der Waals surface area (Å²) in [6, 6.07) is 0. The number of guanidine groups is 1. The van der Waals surface area contributed by atoms with Crippen molar-refractivity contribution in [1.29, 1.82) is 0 Å². The van der Waals surface area contributed by atoms with E-state index in [0.717, 1.165) is 37.5 Å². The fourth-order valence-electron chi connectivity index (χ4n) is 1.77. The maximum atomic E-state index is 4.61. The molecule has 0 fully saturated rings. The summed E-state index contributed by atoms with van der Waals surface area (Å²) in [5, 5.41) is 3.36. The van der Waals surface area contributed by atoms with Gasteiger partial charge in [0, 0.05) is 45.8 Å². The van der Waals surface area contributed by atoms with E-state index >= 15 is 0 Å². The van der Waals surface area contributed by atoms with E-state index in [2.05, 4.69) is 15.4 Å². The monoisotopic (exact) mass is 268 g/mol. The summed E-state index contributed by atoms with van der Waals surface area (Å²) in [4.78, 5) is 13.2. The Bertz CT molecular complexity index is 372. The maximum Gasteiger partial charge on any atom is 0.195 e. The van der Waals surface area contributed by atoms with E-state index in [-0.39, 0.29) is 0 Å². The number of hydrogen-bond acceptors (Lipinski definition) is 3. The molecule has 0 atom stereocenters. The van der Waals surface area contributed by atoms with Gasteiger partial charge >= 0.3 is 0 Å². The molecule has 5 heteroatoms. The predicted octanol–water partition coefficient (Wildman–Crippen LogP) is 2.25. The molecule has 0 N–H and O–H groups in total. The van der Waals surface area contributed by atoms with Gasteiger partial charge in [-0.25, -0.2) is 4.98 Å². The molecule has 1 aromatic heterocycles. The normalized spacial score (nSPS) is 10.3. The minimum Gasteiger partial charge on any atom is -0.349 e. The molecule has 0 aliphatic carbocycles. The molecule has 0 saturated carbocycles. The molecule has 1 heterocycles. The number of thiazole rings is 1. The van der Waals surface area contributed by atoms with Crippen molar-refractivity contribution in [3.63, 3.8) is 0 Å². The summed E-state index contributed by atoms with van der Waals surface area (Å²) >= 11 is 1.76. The molecular weight excluding hydrogens is 244 g/mol. The van der Waals surface area contributed by atoms with Crippen LogP contribution in [0.3, 0.4) is 0 Å². The number of nitrogens with zero attached hydrogens (tertiary/aromatic N) is 4. The minimum absolute atomic E-state index is 0.885. The van der Waals surface area contributed by atoms with E-state index in [0.29, 0.717) is 0 Å². The number of aliphatic imine (C=N–C) groups is 1. The molecule has 18 heavy (non-hydrogen) atoms. The van der Waals surface area contributed by atoms with Gasteiger partial charge in [0.05, 0.1) is 5.01 Å². The van der Waals surface area contributed by atoms with E-state index in [4.69, 9.17) is 0 Å². The fraction of sp³-hybridized carbons (Fsp3) is 0.692. The van der Waals surface area contributed by atoms with Crippen LogP contribution in [-0.4, -0.2) is 55.5 Å². The van der Waals surface area contributed by atoms with Crippen LogP contribution in [0.1, 0.15) is 23.5 Å². The Hall–Kier alpha value is -1.10. The molecule has 4 nitrogen and oxygen atoms in total. The van der Waals surface area contributed by atoms with Gasteiger partial charge in [-0.15, -0.1) is 11.3 Å². The average molecular weight is 268 g/mol. The van der Waals surface area contributed by atoms with Crippen molar-refractivity contribution in [2.45, 2.75) is 26.2 Å². The van der Waals surface area contributed by atoms with Crippen LogP contribution >= 0.6 is 11.3 Å². The van der Waals surface area contributed by atoms with Crippen LogP contribution in [0.5, 0.6) is 0 Å². The molecule has 102 valence electrons. The van der Waals surface area contributed by atoms with Crippen LogP contribution in [0.2, 0.25) is 0 Å². The highest BCUT2D eigenvalue weighted by Gasteiger charge is 2.03. The Kier molecular flexibility index (Phi) is 6.12.